The molecule has 1 saturated heterocycles. The van der Waals surface area contributed by atoms with E-state index < -0.39 is 11.7 Å². The van der Waals surface area contributed by atoms with Crippen molar-refractivity contribution >= 4 is 30.1 Å². The molecule has 0 bridgehead atoms. The van der Waals surface area contributed by atoms with Crippen LogP contribution in [0.4, 0.5) is 13.2 Å². The molecule has 1 aromatic rings. The van der Waals surface area contributed by atoms with Crippen LogP contribution in [-0.2, 0) is 11.0 Å². The fourth-order valence-electron chi connectivity index (χ4n) is 2.15. The molecular formula is C15H20ClF3N2O2S. The van der Waals surface area contributed by atoms with Gasteiger partial charge in [-0.1, -0.05) is 0 Å². The fourth-order valence-corrected chi connectivity index (χ4v) is 3.10. The average Bonchev–Trinajstić information content (AvgIpc) is 2.52. The first-order valence-corrected chi connectivity index (χ1v) is 8.48. The number of rotatable bonds is 6. The summed E-state index contributed by atoms with van der Waals surface area (Å²) in [5.74, 6) is 2.28. The third kappa shape index (κ3) is 7.19. The zero-order chi connectivity index (χ0) is 16.7. The lowest BCUT2D eigenvalue weighted by Gasteiger charge is -2.22. The number of alkyl halides is 3. The van der Waals surface area contributed by atoms with Crippen molar-refractivity contribution in [1.29, 1.82) is 0 Å². The van der Waals surface area contributed by atoms with E-state index in [2.05, 4.69) is 10.6 Å². The Bertz CT molecular complexity index is 508. The minimum Gasteiger partial charge on any atom is -0.492 e. The van der Waals surface area contributed by atoms with Crippen LogP contribution < -0.4 is 15.4 Å². The molecule has 136 valence electrons. The molecule has 1 aliphatic heterocycles. The van der Waals surface area contributed by atoms with Crippen LogP contribution in [0, 0.1) is 0 Å². The first-order valence-electron chi connectivity index (χ1n) is 7.33. The first-order chi connectivity index (χ1) is 10.9. The zero-order valence-corrected chi connectivity index (χ0v) is 14.5. The van der Waals surface area contributed by atoms with E-state index in [-0.39, 0.29) is 31.0 Å². The first kappa shape index (κ1) is 20.9. The van der Waals surface area contributed by atoms with E-state index >= 15 is 0 Å². The average molecular weight is 385 g/mol. The monoisotopic (exact) mass is 384 g/mol. The van der Waals surface area contributed by atoms with E-state index in [4.69, 9.17) is 4.74 Å². The van der Waals surface area contributed by atoms with Crippen LogP contribution in [0.2, 0.25) is 0 Å². The summed E-state index contributed by atoms with van der Waals surface area (Å²) in [5, 5.41) is 6.02. The number of halogens is 4. The summed E-state index contributed by atoms with van der Waals surface area (Å²) < 4.78 is 42.5. The van der Waals surface area contributed by atoms with Crippen LogP contribution in [0.5, 0.6) is 5.75 Å². The van der Waals surface area contributed by atoms with Crippen molar-refractivity contribution in [2.24, 2.45) is 0 Å². The highest BCUT2D eigenvalue weighted by molar-refractivity contribution is 7.99. The second-order valence-corrected chi connectivity index (χ2v) is 6.30. The van der Waals surface area contributed by atoms with Crippen molar-refractivity contribution in [3.05, 3.63) is 29.8 Å². The number of benzene rings is 1. The third-order valence-corrected chi connectivity index (χ3v) is 4.44. The van der Waals surface area contributed by atoms with Crippen molar-refractivity contribution in [1.82, 2.24) is 10.6 Å². The summed E-state index contributed by atoms with van der Waals surface area (Å²) in [6.07, 6.45) is -3.93. The molecule has 0 aliphatic carbocycles. The lowest BCUT2D eigenvalue weighted by atomic mass is 10.2. The smallest absolute Gasteiger partial charge is 0.416 e. The molecule has 1 unspecified atom stereocenters. The summed E-state index contributed by atoms with van der Waals surface area (Å²) in [6, 6.07) is 4.69. The van der Waals surface area contributed by atoms with E-state index in [1.807, 2.05) is 11.8 Å². The Kier molecular flexibility index (Phi) is 8.72. The van der Waals surface area contributed by atoms with Gasteiger partial charge in [0.2, 0.25) is 5.91 Å². The predicted molar refractivity (Wildman–Crippen MR) is 90.9 cm³/mol. The predicted octanol–water partition coefficient (Wildman–Crippen LogP) is 2.72. The topological polar surface area (TPSA) is 50.4 Å². The number of amides is 1. The molecule has 1 amide bonds. The van der Waals surface area contributed by atoms with Crippen molar-refractivity contribution in [2.75, 3.05) is 31.2 Å². The zero-order valence-electron chi connectivity index (χ0n) is 12.9. The molecule has 0 aromatic heterocycles. The quantitative estimate of drug-likeness (QED) is 0.740. The Balaban J connectivity index is 0.00000288. The van der Waals surface area contributed by atoms with Gasteiger partial charge in [-0.25, -0.2) is 0 Å². The lowest BCUT2D eigenvalue weighted by Crippen LogP contribution is -2.41. The van der Waals surface area contributed by atoms with Crippen LogP contribution in [0.25, 0.3) is 0 Å². The Morgan fingerprint density at radius 2 is 2.04 bits per heavy atom. The Morgan fingerprint density at radius 1 is 1.33 bits per heavy atom. The summed E-state index contributed by atoms with van der Waals surface area (Å²) in [4.78, 5) is 11.7. The number of thioether (sulfide) groups is 1. The molecule has 2 N–H and O–H groups in total. The van der Waals surface area contributed by atoms with Crippen molar-refractivity contribution < 1.29 is 22.7 Å². The van der Waals surface area contributed by atoms with E-state index in [0.29, 0.717) is 18.7 Å². The van der Waals surface area contributed by atoms with Crippen LogP contribution in [0.3, 0.4) is 0 Å². The second-order valence-electron chi connectivity index (χ2n) is 5.15. The van der Waals surface area contributed by atoms with Gasteiger partial charge in [0.15, 0.2) is 0 Å². The molecule has 0 spiro atoms. The molecule has 1 fully saturated rings. The molecule has 2 rings (SSSR count). The Labute approximate surface area is 149 Å². The molecule has 1 aromatic carbocycles. The fraction of sp³-hybridized carbons (Fsp3) is 0.533. The van der Waals surface area contributed by atoms with Gasteiger partial charge in [0, 0.05) is 30.5 Å². The Hall–Kier alpha value is -1.12. The second kappa shape index (κ2) is 10.0. The van der Waals surface area contributed by atoms with E-state index in [1.165, 1.54) is 12.1 Å². The van der Waals surface area contributed by atoms with Gasteiger partial charge in [0.05, 0.1) is 12.1 Å². The van der Waals surface area contributed by atoms with Gasteiger partial charge in [-0.3, -0.25) is 4.79 Å². The largest absolute Gasteiger partial charge is 0.492 e. The standard InChI is InChI=1S/C15H19F3N2O2S.ClH/c16-15(17,18)11-1-3-13(4-2-11)22-7-5-20-14(21)9-12-10-23-8-6-19-12;/h1-4,12,19H,5-10H2,(H,20,21);1H. The third-order valence-electron chi connectivity index (χ3n) is 3.30. The molecular weight excluding hydrogens is 365 g/mol. The van der Waals surface area contributed by atoms with Gasteiger partial charge in [-0.05, 0) is 24.3 Å². The summed E-state index contributed by atoms with van der Waals surface area (Å²) in [7, 11) is 0. The minimum absolute atomic E-state index is 0. The molecule has 1 atom stereocenters. The molecule has 0 radical (unpaired) electrons. The van der Waals surface area contributed by atoms with Gasteiger partial charge in [-0.2, -0.15) is 24.9 Å². The normalized spacial score (nSPS) is 17.7. The van der Waals surface area contributed by atoms with Gasteiger partial charge in [0.1, 0.15) is 12.4 Å². The van der Waals surface area contributed by atoms with E-state index in [9.17, 15) is 18.0 Å². The molecule has 24 heavy (non-hydrogen) atoms. The molecule has 9 heteroatoms. The van der Waals surface area contributed by atoms with Gasteiger partial charge >= 0.3 is 6.18 Å². The summed E-state index contributed by atoms with van der Waals surface area (Å²) in [6.45, 7) is 1.45. The lowest BCUT2D eigenvalue weighted by molar-refractivity contribution is -0.137. The number of ether oxygens (including phenoxy) is 1. The maximum absolute atomic E-state index is 12.4. The highest BCUT2D eigenvalue weighted by Gasteiger charge is 2.30. The number of carbonyl (C=O) groups excluding carboxylic acids is 1. The van der Waals surface area contributed by atoms with Crippen molar-refractivity contribution in [3.63, 3.8) is 0 Å². The Morgan fingerprint density at radius 3 is 2.62 bits per heavy atom. The van der Waals surface area contributed by atoms with E-state index in [0.717, 1.165) is 30.2 Å². The minimum atomic E-state index is -4.35. The molecule has 1 heterocycles. The maximum atomic E-state index is 12.4. The van der Waals surface area contributed by atoms with Crippen LogP contribution in [0.1, 0.15) is 12.0 Å². The maximum Gasteiger partial charge on any atom is 0.416 e. The van der Waals surface area contributed by atoms with Crippen LogP contribution in [-0.4, -0.2) is 43.2 Å². The van der Waals surface area contributed by atoms with Gasteiger partial charge in [0.25, 0.3) is 0 Å². The highest BCUT2D eigenvalue weighted by Crippen LogP contribution is 2.30. The summed E-state index contributed by atoms with van der Waals surface area (Å²) in [5.41, 5.74) is -0.712. The molecule has 1 aliphatic rings. The SMILES string of the molecule is Cl.O=C(CC1CSCCN1)NCCOc1ccc(C(F)(F)F)cc1. The van der Waals surface area contributed by atoms with Crippen LogP contribution >= 0.6 is 24.2 Å². The van der Waals surface area contributed by atoms with Crippen LogP contribution in [0.15, 0.2) is 24.3 Å². The van der Waals surface area contributed by atoms with Gasteiger partial charge < -0.3 is 15.4 Å². The molecule has 0 saturated carbocycles. The van der Waals surface area contributed by atoms with Crippen molar-refractivity contribution in [2.45, 2.75) is 18.6 Å². The molecule has 4 nitrogen and oxygen atoms in total. The van der Waals surface area contributed by atoms with Crippen molar-refractivity contribution in [3.8, 4) is 5.75 Å². The highest BCUT2D eigenvalue weighted by atomic mass is 35.5. The number of nitrogens with one attached hydrogen (secondary N) is 2. The number of hydrogen-bond acceptors (Lipinski definition) is 4. The van der Waals surface area contributed by atoms with E-state index in [1.54, 1.807) is 0 Å². The van der Waals surface area contributed by atoms with Gasteiger partial charge in [-0.15, -0.1) is 12.4 Å². The number of hydrogen-bond donors (Lipinski definition) is 2. The summed E-state index contributed by atoms with van der Waals surface area (Å²) >= 11 is 1.83. The number of carbonyl (C=O) groups is 1.